The van der Waals surface area contributed by atoms with Crippen molar-refractivity contribution in [1.82, 2.24) is 0 Å². The molecule has 3 fully saturated rings. The zero-order valence-electron chi connectivity index (χ0n) is 10.7. The van der Waals surface area contributed by atoms with E-state index < -0.39 is 0 Å². The molecule has 0 N–H and O–H groups in total. The number of benzene rings is 1. The number of anilines is 1. The summed E-state index contributed by atoms with van der Waals surface area (Å²) in [7, 11) is 0. The lowest BCUT2D eigenvalue weighted by molar-refractivity contribution is -0.123. The van der Waals surface area contributed by atoms with Crippen LogP contribution >= 0.6 is 23.2 Å². The van der Waals surface area contributed by atoms with Crippen molar-refractivity contribution in [3.8, 4) is 0 Å². The van der Waals surface area contributed by atoms with Crippen LogP contribution < -0.4 is 4.90 Å². The Morgan fingerprint density at radius 2 is 1.60 bits per heavy atom. The fourth-order valence-electron chi connectivity index (χ4n) is 4.31. The number of imide groups is 1. The van der Waals surface area contributed by atoms with Gasteiger partial charge in [0.05, 0.1) is 27.6 Å². The van der Waals surface area contributed by atoms with Crippen molar-refractivity contribution in [2.45, 2.75) is 19.3 Å². The van der Waals surface area contributed by atoms with Crippen molar-refractivity contribution >= 4 is 40.7 Å². The van der Waals surface area contributed by atoms with E-state index >= 15 is 0 Å². The molecule has 1 aromatic rings. The molecule has 1 saturated heterocycles. The van der Waals surface area contributed by atoms with Gasteiger partial charge in [0.15, 0.2) is 0 Å². The normalized spacial score (nSPS) is 35.0. The average Bonchev–Trinajstić information content (AvgIpc) is 3.09. The second-order valence-electron chi connectivity index (χ2n) is 5.97. The fraction of sp³-hybridized carbons (Fsp3) is 0.467. The number of amides is 2. The molecule has 0 spiro atoms. The lowest BCUT2D eigenvalue weighted by Gasteiger charge is -2.19. The maximum Gasteiger partial charge on any atom is 0.238 e. The molecule has 1 aromatic carbocycles. The van der Waals surface area contributed by atoms with Gasteiger partial charge in [0, 0.05) is 0 Å². The Morgan fingerprint density at radius 3 is 2.20 bits per heavy atom. The molecule has 0 unspecified atom stereocenters. The second-order valence-corrected chi connectivity index (χ2v) is 6.75. The van der Waals surface area contributed by atoms with E-state index in [1.807, 2.05) is 0 Å². The monoisotopic (exact) mass is 309 g/mol. The van der Waals surface area contributed by atoms with E-state index in [1.165, 1.54) is 4.90 Å². The van der Waals surface area contributed by atoms with Crippen molar-refractivity contribution < 1.29 is 9.59 Å². The number of fused-ring (bicyclic) bond motifs is 5. The lowest BCUT2D eigenvalue weighted by atomic mass is 9.81. The van der Waals surface area contributed by atoms with Gasteiger partial charge in [-0.05, 0) is 43.2 Å². The van der Waals surface area contributed by atoms with Gasteiger partial charge in [-0.3, -0.25) is 9.59 Å². The first-order chi connectivity index (χ1) is 9.59. The Balaban J connectivity index is 1.79. The number of rotatable bonds is 1. The average molecular weight is 310 g/mol. The van der Waals surface area contributed by atoms with E-state index in [-0.39, 0.29) is 28.7 Å². The Bertz CT molecular complexity index is 602. The molecule has 2 amide bonds. The number of halogens is 2. The summed E-state index contributed by atoms with van der Waals surface area (Å²) in [6, 6.07) is 5.06. The smallest absolute Gasteiger partial charge is 0.238 e. The summed E-state index contributed by atoms with van der Waals surface area (Å²) < 4.78 is 0. The van der Waals surface area contributed by atoms with Gasteiger partial charge in [-0.1, -0.05) is 29.3 Å². The van der Waals surface area contributed by atoms with Crippen LogP contribution in [0.15, 0.2) is 18.2 Å². The number of hydrogen-bond donors (Lipinski definition) is 0. The van der Waals surface area contributed by atoms with Crippen LogP contribution in [0.5, 0.6) is 0 Å². The summed E-state index contributed by atoms with van der Waals surface area (Å²) in [5.74, 6) is 0.328. The quantitative estimate of drug-likeness (QED) is 0.744. The second kappa shape index (κ2) is 4.22. The van der Waals surface area contributed by atoms with Crippen LogP contribution in [0.4, 0.5) is 5.69 Å². The third-order valence-corrected chi connectivity index (χ3v) is 5.91. The topological polar surface area (TPSA) is 37.4 Å². The highest BCUT2D eigenvalue weighted by Crippen LogP contribution is 2.57. The summed E-state index contributed by atoms with van der Waals surface area (Å²) in [6.45, 7) is 0. The SMILES string of the molecule is O=C1[C@@H]2[C@H]3CC[C@H](C3)[C@@H]2C(=O)N1c1cccc(Cl)c1Cl. The van der Waals surface area contributed by atoms with E-state index in [0.717, 1.165) is 19.3 Å². The Labute approximate surface area is 126 Å². The Morgan fingerprint density at radius 1 is 1.00 bits per heavy atom. The van der Waals surface area contributed by atoms with Gasteiger partial charge in [-0.2, -0.15) is 0 Å². The summed E-state index contributed by atoms with van der Waals surface area (Å²) >= 11 is 12.2. The standard InChI is InChI=1S/C15H13Cl2NO2/c16-9-2-1-3-10(13(9)17)18-14(19)11-7-4-5-8(6-7)12(11)15(18)20/h1-3,7-8,11-12H,4-6H2/t7-,8+,11+,12-. The fourth-order valence-corrected chi connectivity index (χ4v) is 4.69. The molecule has 3 nitrogen and oxygen atoms in total. The zero-order valence-corrected chi connectivity index (χ0v) is 12.2. The van der Waals surface area contributed by atoms with Gasteiger partial charge in [-0.15, -0.1) is 0 Å². The molecule has 2 bridgehead atoms. The molecule has 2 aliphatic carbocycles. The molecule has 1 heterocycles. The Hall–Kier alpha value is -1.06. The van der Waals surface area contributed by atoms with E-state index in [1.54, 1.807) is 18.2 Å². The van der Waals surface area contributed by atoms with Crippen LogP contribution in [0.3, 0.4) is 0 Å². The first-order valence-electron chi connectivity index (χ1n) is 6.91. The van der Waals surface area contributed by atoms with Crippen molar-refractivity contribution in [3.63, 3.8) is 0 Å². The maximum absolute atomic E-state index is 12.7. The van der Waals surface area contributed by atoms with Gasteiger partial charge in [-0.25, -0.2) is 4.90 Å². The molecule has 104 valence electrons. The van der Waals surface area contributed by atoms with E-state index in [0.29, 0.717) is 22.5 Å². The molecule has 3 aliphatic rings. The Kier molecular flexibility index (Phi) is 2.67. The van der Waals surface area contributed by atoms with Crippen LogP contribution in [-0.4, -0.2) is 11.8 Å². The van der Waals surface area contributed by atoms with Gasteiger partial charge >= 0.3 is 0 Å². The maximum atomic E-state index is 12.7. The lowest BCUT2D eigenvalue weighted by Crippen LogP contribution is -2.33. The number of carbonyl (C=O) groups is 2. The molecule has 2 saturated carbocycles. The van der Waals surface area contributed by atoms with E-state index in [9.17, 15) is 9.59 Å². The molecular formula is C15H13Cl2NO2. The predicted octanol–water partition coefficient (Wildman–Crippen LogP) is 3.53. The summed E-state index contributed by atoms with van der Waals surface area (Å²) in [4.78, 5) is 26.6. The van der Waals surface area contributed by atoms with E-state index in [4.69, 9.17) is 23.2 Å². The zero-order chi connectivity index (χ0) is 14.0. The van der Waals surface area contributed by atoms with Crippen molar-refractivity contribution in [2.24, 2.45) is 23.7 Å². The minimum absolute atomic E-state index is 0.0867. The van der Waals surface area contributed by atoms with Gasteiger partial charge in [0.25, 0.3) is 0 Å². The minimum Gasteiger partial charge on any atom is -0.274 e. The molecule has 5 heteroatoms. The highest BCUT2D eigenvalue weighted by Gasteiger charge is 2.61. The number of nitrogens with zero attached hydrogens (tertiary/aromatic N) is 1. The highest BCUT2D eigenvalue weighted by molar-refractivity contribution is 6.44. The first kappa shape index (κ1) is 12.7. The van der Waals surface area contributed by atoms with Gasteiger partial charge in [0.1, 0.15) is 0 Å². The highest BCUT2D eigenvalue weighted by atomic mass is 35.5. The first-order valence-corrected chi connectivity index (χ1v) is 7.67. The third-order valence-electron chi connectivity index (χ3n) is 5.10. The molecule has 4 atom stereocenters. The van der Waals surface area contributed by atoms with Crippen molar-refractivity contribution in [1.29, 1.82) is 0 Å². The molecule has 4 rings (SSSR count). The van der Waals surface area contributed by atoms with Crippen molar-refractivity contribution in [3.05, 3.63) is 28.2 Å². The molecular weight excluding hydrogens is 297 g/mol. The minimum atomic E-state index is -0.128. The van der Waals surface area contributed by atoms with Crippen LogP contribution in [0, 0.1) is 23.7 Å². The molecule has 0 aromatic heterocycles. The predicted molar refractivity (Wildman–Crippen MR) is 76.8 cm³/mol. The number of carbonyl (C=O) groups excluding carboxylic acids is 2. The van der Waals surface area contributed by atoms with Gasteiger partial charge in [0.2, 0.25) is 11.8 Å². The largest absolute Gasteiger partial charge is 0.274 e. The summed E-state index contributed by atoms with van der Waals surface area (Å²) in [6.07, 6.45) is 3.17. The molecule has 0 radical (unpaired) electrons. The van der Waals surface area contributed by atoms with Crippen LogP contribution in [0.2, 0.25) is 10.0 Å². The van der Waals surface area contributed by atoms with E-state index in [2.05, 4.69) is 0 Å². The number of hydrogen-bond acceptors (Lipinski definition) is 2. The molecule has 1 aliphatic heterocycles. The molecule has 20 heavy (non-hydrogen) atoms. The van der Waals surface area contributed by atoms with Gasteiger partial charge < -0.3 is 0 Å². The van der Waals surface area contributed by atoms with Crippen molar-refractivity contribution in [2.75, 3.05) is 4.90 Å². The van der Waals surface area contributed by atoms with Crippen LogP contribution in [-0.2, 0) is 9.59 Å². The summed E-state index contributed by atoms with van der Waals surface area (Å²) in [5.41, 5.74) is 0.433. The van der Waals surface area contributed by atoms with Crippen LogP contribution in [0.25, 0.3) is 0 Å². The summed E-state index contributed by atoms with van der Waals surface area (Å²) in [5, 5.41) is 0.646. The van der Waals surface area contributed by atoms with Crippen LogP contribution in [0.1, 0.15) is 19.3 Å². The third kappa shape index (κ3) is 1.48.